The average Bonchev–Trinajstić information content (AvgIpc) is 3.74. The highest BCUT2D eigenvalue weighted by atomic mass is 32.2. The molecule has 4 aromatic rings. The van der Waals surface area contributed by atoms with Crippen LogP contribution in [-0.2, 0) is 33.7 Å². The summed E-state index contributed by atoms with van der Waals surface area (Å²) in [6, 6.07) is 10.5. The van der Waals surface area contributed by atoms with Crippen LogP contribution in [0.2, 0.25) is 0 Å². The number of hydrogen-bond acceptors (Lipinski definition) is 2. The minimum absolute atomic E-state index is 0.0104. The van der Waals surface area contributed by atoms with E-state index in [0.717, 1.165) is 36.4 Å². The molecule has 0 N–H and O–H groups in total. The molecule has 13 heteroatoms. The summed E-state index contributed by atoms with van der Waals surface area (Å²) in [5.74, 6) is -7.47. The summed E-state index contributed by atoms with van der Waals surface area (Å²) in [4.78, 5) is 0. The van der Waals surface area contributed by atoms with Gasteiger partial charge in [-0.1, -0.05) is 48.6 Å². The Bertz CT molecular complexity index is 2190. The standard InChI is InChI=1S/C40H28F10O2S/c1-21-13-23(9-11-33(21)39(45,46)47)27-5-3-7-29(27)25-15-35(41)31(36(42)16-25)19-53(51,52)20-32-37(43)17-26(18-38(32)44)30-8-4-6-28(30)24-10-12-34(22(2)14-24)40(48,49)50/h5-18H,3-4,19-20H2,1-2H3. The molecule has 0 aromatic heterocycles. The van der Waals surface area contributed by atoms with Crippen LogP contribution in [0, 0.1) is 37.1 Å². The molecule has 2 nitrogen and oxygen atoms in total. The van der Waals surface area contributed by atoms with E-state index in [0.29, 0.717) is 46.3 Å². The van der Waals surface area contributed by atoms with Crippen molar-refractivity contribution in [1.29, 1.82) is 0 Å². The molecular formula is C40H28F10O2S. The maximum atomic E-state index is 15.4. The van der Waals surface area contributed by atoms with E-state index in [1.807, 2.05) is 0 Å². The van der Waals surface area contributed by atoms with Crippen LogP contribution < -0.4 is 0 Å². The molecular weight excluding hydrogens is 734 g/mol. The van der Waals surface area contributed by atoms with Gasteiger partial charge in [0.05, 0.1) is 22.6 Å². The lowest BCUT2D eigenvalue weighted by atomic mass is 9.92. The Kier molecular flexibility index (Phi) is 9.86. The van der Waals surface area contributed by atoms with Crippen molar-refractivity contribution in [3.05, 3.63) is 164 Å². The second-order valence-corrected chi connectivity index (χ2v) is 14.9. The Morgan fingerprint density at radius 3 is 1.08 bits per heavy atom. The molecule has 0 spiro atoms. The molecule has 2 aliphatic carbocycles. The number of rotatable bonds is 8. The van der Waals surface area contributed by atoms with E-state index in [2.05, 4.69) is 0 Å². The first-order valence-electron chi connectivity index (χ1n) is 16.1. The molecule has 53 heavy (non-hydrogen) atoms. The zero-order chi connectivity index (χ0) is 38.6. The lowest BCUT2D eigenvalue weighted by Gasteiger charge is -2.16. The lowest BCUT2D eigenvalue weighted by Crippen LogP contribution is -2.13. The molecule has 0 atom stereocenters. The summed E-state index contributed by atoms with van der Waals surface area (Å²) >= 11 is 0. The van der Waals surface area contributed by atoms with Crippen molar-refractivity contribution in [1.82, 2.24) is 0 Å². The van der Waals surface area contributed by atoms with Crippen LogP contribution in [0.15, 0.2) is 85.0 Å². The molecule has 6 rings (SSSR count). The zero-order valence-corrected chi connectivity index (χ0v) is 28.7. The summed E-state index contributed by atoms with van der Waals surface area (Å²) in [5.41, 5.74) is -1.18. The molecule has 276 valence electrons. The van der Waals surface area contributed by atoms with E-state index in [9.17, 15) is 34.8 Å². The molecule has 0 saturated heterocycles. The molecule has 0 unspecified atom stereocenters. The van der Waals surface area contributed by atoms with E-state index in [4.69, 9.17) is 0 Å². The molecule has 2 aliphatic rings. The van der Waals surface area contributed by atoms with Crippen LogP contribution >= 0.6 is 0 Å². The van der Waals surface area contributed by atoms with Gasteiger partial charge in [0.25, 0.3) is 0 Å². The van der Waals surface area contributed by atoms with Crippen LogP contribution in [0.5, 0.6) is 0 Å². The SMILES string of the molecule is Cc1cc(C2=CCC=C2c2cc(F)c(CS(=O)(=O)Cc3c(F)cc(C4=CCC=C4c4ccc(C(F)(F)F)c(C)c4)cc3F)c(F)c2)ccc1C(F)(F)F. The largest absolute Gasteiger partial charge is 0.416 e. The highest BCUT2D eigenvalue weighted by Gasteiger charge is 2.34. The van der Waals surface area contributed by atoms with E-state index < -0.39 is 79.2 Å². The quantitative estimate of drug-likeness (QED) is 0.168. The maximum Gasteiger partial charge on any atom is 0.416 e. The van der Waals surface area contributed by atoms with Gasteiger partial charge in [0.1, 0.15) is 23.3 Å². The second-order valence-electron chi connectivity index (χ2n) is 12.9. The topological polar surface area (TPSA) is 34.1 Å². The van der Waals surface area contributed by atoms with E-state index >= 15 is 17.6 Å². The van der Waals surface area contributed by atoms with Crippen molar-refractivity contribution < 1.29 is 52.3 Å². The third kappa shape index (κ3) is 7.76. The van der Waals surface area contributed by atoms with Crippen LogP contribution in [0.4, 0.5) is 43.9 Å². The Hall–Kier alpha value is -4.91. The number of sulfone groups is 1. The molecule has 4 aromatic carbocycles. The minimum Gasteiger partial charge on any atom is -0.228 e. The van der Waals surface area contributed by atoms with Gasteiger partial charge in [-0.05, 0) is 119 Å². The van der Waals surface area contributed by atoms with Crippen molar-refractivity contribution in [2.24, 2.45) is 0 Å². The van der Waals surface area contributed by atoms with Gasteiger partial charge in [-0.2, -0.15) is 26.3 Å². The zero-order valence-electron chi connectivity index (χ0n) is 27.9. The predicted octanol–water partition coefficient (Wildman–Crippen LogP) is 11.8. The van der Waals surface area contributed by atoms with Crippen molar-refractivity contribution in [2.75, 3.05) is 0 Å². The molecule has 0 radical (unpaired) electrons. The van der Waals surface area contributed by atoms with Crippen molar-refractivity contribution >= 4 is 32.1 Å². The fraction of sp³-hybridized carbons (Fsp3) is 0.200. The monoisotopic (exact) mass is 762 g/mol. The summed E-state index contributed by atoms with van der Waals surface area (Å²) in [5, 5.41) is 0. The number of allylic oxidation sites excluding steroid dienone is 8. The first-order chi connectivity index (χ1) is 24.7. The summed E-state index contributed by atoms with van der Waals surface area (Å²) < 4.78 is 167. The predicted molar refractivity (Wildman–Crippen MR) is 183 cm³/mol. The van der Waals surface area contributed by atoms with E-state index in [1.54, 1.807) is 24.3 Å². The molecule has 0 fully saturated rings. The number of halogens is 10. The molecule has 0 bridgehead atoms. The minimum atomic E-state index is -4.59. The van der Waals surface area contributed by atoms with Gasteiger partial charge >= 0.3 is 12.4 Å². The van der Waals surface area contributed by atoms with Gasteiger partial charge in [0.2, 0.25) is 0 Å². The molecule has 0 aliphatic heterocycles. The number of hydrogen-bond donors (Lipinski definition) is 0. The number of aryl methyl sites for hydroxylation is 2. The summed E-state index contributed by atoms with van der Waals surface area (Å²) in [6.45, 7) is 2.58. The smallest absolute Gasteiger partial charge is 0.228 e. The Balaban J connectivity index is 1.21. The van der Waals surface area contributed by atoms with E-state index in [-0.39, 0.29) is 22.3 Å². The Labute approximate surface area is 298 Å². The fourth-order valence-electron chi connectivity index (χ4n) is 6.70. The fourth-order valence-corrected chi connectivity index (χ4v) is 8.24. The van der Waals surface area contributed by atoms with Gasteiger partial charge in [-0.3, -0.25) is 0 Å². The number of alkyl halides is 6. The van der Waals surface area contributed by atoms with Crippen molar-refractivity contribution in [2.45, 2.75) is 50.5 Å². The van der Waals surface area contributed by atoms with Gasteiger partial charge in [-0.25, -0.2) is 26.0 Å². The maximum absolute atomic E-state index is 15.4. The molecule has 0 saturated carbocycles. The van der Waals surface area contributed by atoms with Gasteiger partial charge < -0.3 is 0 Å². The highest BCUT2D eigenvalue weighted by molar-refractivity contribution is 7.89. The normalized spacial score (nSPS) is 15.0. The average molecular weight is 763 g/mol. The third-order valence-electron chi connectivity index (χ3n) is 9.19. The Morgan fingerprint density at radius 2 is 0.792 bits per heavy atom. The molecule has 0 heterocycles. The highest BCUT2D eigenvalue weighted by Crippen LogP contribution is 2.42. The van der Waals surface area contributed by atoms with Crippen LogP contribution in [-0.4, -0.2) is 8.42 Å². The van der Waals surface area contributed by atoms with Crippen molar-refractivity contribution in [3.8, 4) is 0 Å². The van der Waals surface area contributed by atoms with Gasteiger partial charge in [-0.15, -0.1) is 0 Å². The van der Waals surface area contributed by atoms with Crippen LogP contribution in [0.1, 0.15) is 68.5 Å². The number of benzene rings is 4. The Morgan fingerprint density at radius 1 is 0.491 bits per heavy atom. The van der Waals surface area contributed by atoms with Crippen LogP contribution in [0.3, 0.4) is 0 Å². The molecule has 0 amide bonds. The van der Waals surface area contributed by atoms with E-state index in [1.165, 1.54) is 38.1 Å². The van der Waals surface area contributed by atoms with Gasteiger partial charge in [0, 0.05) is 11.1 Å². The lowest BCUT2D eigenvalue weighted by molar-refractivity contribution is -0.138. The first-order valence-corrected chi connectivity index (χ1v) is 17.9. The van der Waals surface area contributed by atoms with Crippen molar-refractivity contribution in [3.63, 3.8) is 0 Å². The first kappa shape index (κ1) is 37.8. The third-order valence-corrected chi connectivity index (χ3v) is 10.6. The van der Waals surface area contributed by atoms with Gasteiger partial charge in [0.15, 0.2) is 9.84 Å². The second kappa shape index (κ2) is 13.8. The van der Waals surface area contributed by atoms with Crippen LogP contribution in [0.25, 0.3) is 22.3 Å². The summed E-state index contributed by atoms with van der Waals surface area (Å²) in [7, 11) is -4.59. The summed E-state index contributed by atoms with van der Waals surface area (Å²) in [6.07, 6.45) is -1.90.